The zero-order valence-electron chi connectivity index (χ0n) is 13.7. The van der Waals surface area contributed by atoms with Gasteiger partial charge in [0.1, 0.15) is 0 Å². The molecule has 0 aromatic carbocycles. The first-order valence-corrected chi connectivity index (χ1v) is 7.28. The lowest BCUT2D eigenvalue weighted by Gasteiger charge is -2.32. The molecule has 0 fully saturated rings. The number of hydrogen-bond donors (Lipinski definition) is 2. The number of carbonyl (C=O) groups excluding carboxylic acids is 2. The summed E-state index contributed by atoms with van der Waals surface area (Å²) in [5, 5.41) is 5.58. The van der Waals surface area contributed by atoms with Crippen LogP contribution in [0.4, 0.5) is 4.79 Å². The van der Waals surface area contributed by atoms with Crippen LogP contribution in [-0.2, 0) is 9.53 Å². The number of ether oxygens (including phenoxy) is 1. The topological polar surface area (TPSA) is 67.4 Å². The van der Waals surface area contributed by atoms with Gasteiger partial charge in [0.05, 0.1) is 7.11 Å². The second-order valence-corrected chi connectivity index (χ2v) is 6.63. The van der Waals surface area contributed by atoms with Crippen LogP contribution >= 0.6 is 0 Å². The molecule has 0 saturated heterocycles. The first kappa shape index (κ1) is 18.7. The van der Waals surface area contributed by atoms with Crippen LogP contribution < -0.4 is 10.6 Å². The van der Waals surface area contributed by atoms with E-state index in [2.05, 4.69) is 50.0 Å². The molecule has 2 N–H and O–H groups in total. The highest BCUT2D eigenvalue weighted by Gasteiger charge is 2.25. The molecule has 0 saturated carbocycles. The fraction of sp³-hybridized carbons (Fsp3) is 0.867. The average molecular weight is 286 g/mol. The maximum Gasteiger partial charge on any atom is 0.406 e. The first-order chi connectivity index (χ1) is 9.16. The van der Waals surface area contributed by atoms with Crippen LogP contribution in [0.2, 0.25) is 0 Å². The molecule has 0 rings (SSSR count). The van der Waals surface area contributed by atoms with Crippen molar-refractivity contribution in [1.29, 1.82) is 0 Å². The van der Waals surface area contributed by atoms with Crippen molar-refractivity contribution in [2.45, 2.75) is 59.9 Å². The molecule has 0 radical (unpaired) electrons. The number of nitrogens with one attached hydrogen (secondary N) is 2. The average Bonchev–Trinajstić information content (AvgIpc) is 2.32. The maximum absolute atomic E-state index is 11.9. The van der Waals surface area contributed by atoms with Gasteiger partial charge in [-0.25, -0.2) is 4.79 Å². The zero-order chi connectivity index (χ0) is 15.8. The van der Waals surface area contributed by atoms with Gasteiger partial charge in [-0.3, -0.25) is 4.79 Å². The molecule has 118 valence electrons. The number of methoxy groups -OCH3 is 1. The highest BCUT2D eigenvalue weighted by atomic mass is 16.5. The largest absolute Gasteiger partial charge is 0.453 e. The molecular weight excluding hydrogens is 256 g/mol. The quantitative estimate of drug-likeness (QED) is 0.756. The molecule has 2 amide bonds. The Morgan fingerprint density at radius 2 is 1.75 bits per heavy atom. The van der Waals surface area contributed by atoms with E-state index >= 15 is 0 Å². The van der Waals surface area contributed by atoms with Crippen LogP contribution in [0, 0.1) is 11.3 Å². The molecular formula is C15H30N2O3. The fourth-order valence-corrected chi connectivity index (χ4v) is 1.84. The zero-order valence-corrected chi connectivity index (χ0v) is 13.7. The molecule has 0 spiro atoms. The van der Waals surface area contributed by atoms with Crippen LogP contribution in [0.5, 0.6) is 0 Å². The summed E-state index contributed by atoms with van der Waals surface area (Å²) >= 11 is 0. The van der Waals surface area contributed by atoms with Crippen molar-refractivity contribution in [2.24, 2.45) is 11.3 Å². The van der Waals surface area contributed by atoms with E-state index in [1.807, 2.05) is 0 Å². The SMILES string of the molecule is COC(=O)NCCC(=O)NC(CCC(C)C)C(C)(C)C. The Morgan fingerprint density at radius 3 is 2.20 bits per heavy atom. The van der Waals surface area contributed by atoms with E-state index in [1.54, 1.807) is 0 Å². The van der Waals surface area contributed by atoms with Crippen molar-refractivity contribution in [3.8, 4) is 0 Å². The van der Waals surface area contributed by atoms with Crippen LogP contribution in [-0.4, -0.2) is 31.7 Å². The van der Waals surface area contributed by atoms with E-state index in [9.17, 15) is 9.59 Å². The minimum Gasteiger partial charge on any atom is -0.453 e. The van der Waals surface area contributed by atoms with Crippen molar-refractivity contribution in [3.05, 3.63) is 0 Å². The molecule has 0 aromatic rings. The van der Waals surface area contributed by atoms with Crippen molar-refractivity contribution in [1.82, 2.24) is 10.6 Å². The Bertz CT molecular complexity index is 309. The summed E-state index contributed by atoms with van der Waals surface area (Å²) in [4.78, 5) is 22.8. The highest BCUT2D eigenvalue weighted by Crippen LogP contribution is 2.24. The van der Waals surface area contributed by atoms with E-state index in [1.165, 1.54) is 7.11 Å². The summed E-state index contributed by atoms with van der Waals surface area (Å²) in [6, 6.07) is 0.149. The van der Waals surface area contributed by atoms with Gasteiger partial charge in [0.2, 0.25) is 5.91 Å². The third-order valence-electron chi connectivity index (χ3n) is 3.22. The molecule has 0 heterocycles. The second kappa shape index (κ2) is 8.82. The van der Waals surface area contributed by atoms with Gasteiger partial charge in [-0.2, -0.15) is 0 Å². The van der Waals surface area contributed by atoms with Gasteiger partial charge < -0.3 is 15.4 Å². The number of carbonyl (C=O) groups is 2. The molecule has 0 aliphatic rings. The smallest absolute Gasteiger partial charge is 0.406 e. The Hall–Kier alpha value is -1.26. The predicted molar refractivity (Wildman–Crippen MR) is 80.5 cm³/mol. The minimum atomic E-state index is -0.509. The Balaban J connectivity index is 4.22. The van der Waals surface area contributed by atoms with Gasteiger partial charge >= 0.3 is 6.09 Å². The van der Waals surface area contributed by atoms with E-state index in [4.69, 9.17) is 0 Å². The van der Waals surface area contributed by atoms with Crippen LogP contribution in [0.1, 0.15) is 53.9 Å². The summed E-state index contributed by atoms with van der Waals surface area (Å²) in [5.41, 5.74) is 0.0281. The van der Waals surface area contributed by atoms with Gasteiger partial charge in [-0.1, -0.05) is 34.6 Å². The number of alkyl carbamates (subject to hydrolysis) is 1. The van der Waals surface area contributed by atoms with Crippen LogP contribution in [0.25, 0.3) is 0 Å². The molecule has 1 unspecified atom stereocenters. The van der Waals surface area contributed by atoms with Crippen molar-refractivity contribution in [3.63, 3.8) is 0 Å². The van der Waals surface area contributed by atoms with Crippen LogP contribution in [0.3, 0.4) is 0 Å². The normalized spacial score (nSPS) is 12.9. The predicted octanol–water partition coefficient (Wildman–Crippen LogP) is 2.70. The molecule has 0 aliphatic heterocycles. The van der Waals surface area contributed by atoms with Crippen LogP contribution in [0.15, 0.2) is 0 Å². The lowest BCUT2D eigenvalue weighted by molar-refractivity contribution is -0.122. The minimum absolute atomic E-state index is 0.0281. The molecule has 0 aliphatic carbocycles. The second-order valence-electron chi connectivity index (χ2n) is 6.63. The summed E-state index contributed by atoms with van der Waals surface area (Å²) in [7, 11) is 1.30. The lowest BCUT2D eigenvalue weighted by atomic mass is 9.82. The van der Waals surface area contributed by atoms with E-state index in [0.29, 0.717) is 12.5 Å². The summed E-state index contributed by atoms with van der Waals surface area (Å²) < 4.78 is 4.45. The van der Waals surface area contributed by atoms with Gasteiger partial charge in [-0.05, 0) is 24.2 Å². The third-order valence-corrected chi connectivity index (χ3v) is 3.22. The summed E-state index contributed by atoms with van der Waals surface area (Å²) in [6.07, 6.45) is 1.81. The highest BCUT2D eigenvalue weighted by molar-refractivity contribution is 5.77. The van der Waals surface area contributed by atoms with Gasteiger partial charge in [-0.15, -0.1) is 0 Å². The molecule has 1 atom stereocenters. The Labute approximate surface area is 122 Å². The van der Waals surface area contributed by atoms with E-state index < -0.39 is 6.09 Å². The lowest BCUT2D eigenvalue weighted by Crippen LogP contribution is -2.44. The van der Waals surface area contributed by atoms with E-state index in [-0.39, 0.29) is 23.8 Å². The number of amides is 2. The number of rotatable bonds is 7. The third kappa shape index (κ3) is 8.77. The monoisotopic (exact) mass is 286 g/mol. The molecule has 20 heavy (non-hydrogen) atoms. The Morgan fingerprint density at radius 1 is 1.15 bits per heavy atom. The van der Waals surface area contributed by atoms with Gasteiger partial charge in [0.15, 0.2) is 0 Å². The summed E-state index contributed by atoms with van der Waals surface area (Å²) in [6.45, 7) is 11.0. The molecule has 0 aromatic heterocycles. The molecule has 0 bridgehead atoms. The maximum atomic E-state index is 11.9. The first-order valence-electron chi connectivity index (χ1n) is 7.28. The van der Waals surface area contributed by atoms with Crippen molar-refractivity contribution < 1.29 is 14.3 Å². The van der Waals surface area contributed by atoms with Gasteiger partial charge in [0.25, 0.3) is 0 Å². The van der Waals surface area contributed by atoms with Gasteiger partial charge in [0, 0.05) is 19.0 Å². The molecule has 5 nitrogen and oxygen atoms in total. The summed E-state index contributed by atoms with van der Waals surface area (Å²) in [5.74, 6) is 0.586. The van der Waals surface area contributed by atoms with Crippen molar-refractivity contribution in [2.75, 3.05) is 13.7 Å². The van der Waals surface area contributed by atoms with Crippen molar-refractivity contribution >= 4 is 12.0 Å². The fourth-order valence-electron chi connectivity index (χ4n) is 1.84. The van der Waals surface area contributed by atoms with E-state index in [0.717, 1.165) is 12.8 Å². The number of hydrogen-bond acceptors (Lipinski definition) is 3. The molecule has 5 heteroatoms. The standard InChI is InChI=1S/C15H30N2O3/c1-11(2)7-8-12(15(3,4)5)17-13(18)9-10-16-14(19)20-6/h11-12H,7-10H2,1-6H3,(H,16,19)(H,17,18). The Kier molecular flexibility index (Phi) is 8.26.